The van der Waals surface area contributed by atoms with Gasteiger partial charge in [0.2, 0.25) is 0 Å². The second-order valence-corrected chi connectivity index (χ2v) is 6.41. The molecule has 1 amide bonds. The summed E-state index contributed by atoms with van der Waals surface area (Å²) in [5.41, 5.74) is 1.79. The molecule has 1 fully saturated rings. The van der Waals surface area contributed by atoms with Crippen molar-refractivity contribution in [3.63, 3.8) is 0 Å². The first kappa shape index (κ1) is 17.0. The van der Waals surface area contributed by atoms with E-state index in [-0.39, 0.29) is 5.91 Å². The van der Waals surface area contributed by atoms with Gasteiger partial charge < -0.3 is 9.47 Å². The van der Waals surface area contributed by atoms with Crippen molar-refractivity contribution in [3.05, 3.63) is 47.0 Å². The number of rotatable bonds is 6. The minimum Gasteiger partial charge on any atom is -0.379 e. The number of carbonyl (C=O) groups excluding carboxylic acids is 1. The Kier molecular flexibility index (Phi) is 5.92. The molecule has 6 nitrogen and oxygen atoms in total. The average Bonchev–Trinajstić information content (AvgIpc) is 3.04. The number of hydrogen-bond donors (Lipinski definition) is 1. The van der Waals surface area contributed by atoms with Crippen molar-refractivity contribution in [2.45, 2.75) is 12.6 Å². The minimum atomic E-state index is -0.641. The number of amides is 1. The van der Waals surface area contributed by atoms with E-state index in [0.29, 0.717) is 5.13 Å². The van der Waals surface area contributed by atoms with E-state index in [1.165, 1.54) is 18.4 Å². The minimum absolute atomic E-state index is 0.212. The van der Waals surface area contributed by atoms with Crippen LogP contribution in [0.2, 0.25) is 0 Å². The number of anilines is 1. The molecule has 1 aromatic heterocycles. The Balaban J connectivity index is 1.60. The monoisotopic (exact) mass is 347 g/mol. The van der Waals surface area contributed by atoms with E-state index < -0.39 is 6.10 Å². The number of nitrogens with zero attached hydrogens (tertiary/aromatic N) is 2. The normalized spacial score (nSPS) is 16.7. The smallest absolute Gasteiger partial charge is 0.259 e. The Labute approximate surface area is 145 Å². The van der Waals surface area contributed by atoms with E-state index in [0.717, 1.165) is 44.1 Å². The third-order valence-corrected chi connectivity index (χ3v) is 4.65. The zero-order chi connectivity index (χ0) is 16.8. The van der Waals surface area contributed by atoms with Crippen molar-refractivity contribution >= 4 is 22.4 Å². The number of thiazole rings is 1. The summed E-state index contributed by atoms with van der Waals surface area (Å²) in [4.78, 5) is 19.2. The predicted octanol–water partition coefficient (Wildman–Crippen LogP) is 2.30. The van der Waals surface area contributed by atoms with Crippen LogP contribution in [0.15, 0.2) is 35.7 Å². The molecule has 1 aliphatic heterocycles. The third kappa shape index (κ3) is 4.39. The van der Waals surface area contributed by atoms with Crippen molar-refractivity contribution in [1.82, 2.24) is 9.88 Å². The summed E-state index contributed by atoms with van der Waals surface area (Å²) in [6.45, 7) is 4.14. The van der Waals surface area contributed by atoms with Gasteiger partial charge in [0.15, 0.2) is 11.2 Å². The second-order valence-electron chi connectivity index (χ2n) is 5.55. The lowest BCUT2D eigenvalue weighted by Gasteiger charge is -2.25. The zero-order valence-corrected chi connectivity index (χ0v) is 14.4. The van der Waals surface area contributed by atoms with Crippen LogP contribution in [0, 0.1) is 0 Å². The molecule has 0 bridgehead atoms. The second kappa shape index (κ2) is 8.34. The quantitative estimate of drug-likeness (QED) is 0.869. The average molecular weight is 347 g/mol. The molecule has 1 saturated heterocycles. The van der Waals surface area contributed by atoms with E-state index in [1.54, 1.807) is 0 Å². The summed E-state index contributed by atoms with van der Waals surface area (Å²) in [6.07, 6.45) is -0.641. The maximum Gasteiger partial charge on any atom is 0.259 e. The lowest BCUT2D eigenvalue weighted by molar-refractivity contribution is -0.126. The van der Waals surface area contributed by atoms with Gasteiger partial charge in [0, 0.05) is 32.1 Å². The summed E-state index contributed by atoms with van der Waals surface area (Å²) in [7, 11) is 1.53. The Morgan fingerprint density at radius 2 is 2.12 bits per heavy atom. The highest BCUT2D eigenvalue weighted by Crippen LogP contribution is 2.22. The van der Waals surface area contributed by atoms with Crippen molar-refractivity contribution in [2.24, 2.45) is 0 Å². The van der Waals surface area contributed by atoms with Gasteiger partial charge in [-0.05, 0) is 5.56 Å². The number of ether oxygens (including phenoxy) is 2. The number of carbonyl (C=O) groups is 1. The molecule has 3 rings (SSSR count). The van der Waals surface area contributed by atoms with Crippen molar-refractivity contribution in [1.29, 1.82) is 0 Å². The highest BCUT2D eigenvalue weighted by molar-refractivity contribution is 7.13. The Bertz CT molecular complexity index is 656. The van der Waals surface area contributed by atoms with Gasteiger partial charge in [-0.15, -0.1) is 11.3 Å². The maximum atomic E-state index is 12.4. The fourth-order valence-electron chi connectivity index (χ4n) is 2.62. The van der Waals surface area contributed by atoms with Crippen LogP contribution < -0.4 is 5.32 Å². The van der Waals surface area contributed by atoms with Gasteiger partial charge in [-0.2, -0.15) is 0 Å². The molecule has 0 aliphatic carbocycles. The topological polar surface area (TPSA) is 63.7 Å². The molecular weight excluding hydrogens is 326 g/mol. The lowest BCUT2D eigenvalue weighted by atomic mass is 10.1. The molecule has 1 atom stereocenters. The van der Waals surface area contributed by atoms with Crippen LogP contribution in [0.3, 0.4) is 0 Å². The fourth-order valence-corrected chi connectivity index (χ4v) is 3.32. The molecule has 128 valence electrons. The third-order valence-electron chi connectivity index (χ3n) is 3.85. The number of methoxy groups -OCH3 is 1. The molecule has 0 unspecified atom stereocenters. The highest BCUT2D eigenvalue weighted by Gasteiger charge is 2.21. The first-order chi connectivity index (χ1) is 11.8. The molecule has 0 saturated carbocycles. The van der Waals surface area contributed by atoms with Crippen molar-refractivity contribution in [2.75, 3.05) is 38.7 Å². The summed E-state index contributed by atoms with van der Waals surface area (Å²) in [5.74, 6) is -0.212. The first-order valence-electron chi connectivity index (χ1n) is 7.89. The number of benzene rings is 1. The van der Waals surface area contributed by atoms with Gasteiger partial charge >= 0.3 is 0 Å². The van der Waals surface area contributed by atoms with Crippen LogP contribution in [0.1, 0.15) is 17.4 Å². The van der Waals surface area contributed by atoms with Gasteiger partial charge in [-0.3, -0.25) is 15.0 Å². The predicted molar refractivity (Wildman–Crippen MR) is 93.0 cm³/mol. The van der Waals surface area contributed by atoms with Crippen LogP contribution in [-0.4, -0.2) is 49.2 Å². The molecule has 7 heteroatoms. The molecule has 1 aliphatic rings. The Hall–Kier alpha value is -1.80. The molecule has 24 heavy (non-hydrogen) atoms. The first-order valence-corrected chi connectivity index (χ1v) is 8.77. The molecule has 2 heterocycles. The molecule has 1 N–H and O–H groups in total. The standard InChI is InChI=1S/C17H21N3O3S/c1-22-15(13-5-3-2-4-6-13)16(21)19-17-18-14(12-24-17)11-20-7-9-23-10-8-20/h2-6,12,15H,7-11H2,1H3,(H,18,19,21)/t15-/m0/s1. The number of aromatic nitrogens is 1. The van der Waals surface area contributed by atoms with Gasteiger partial charge in [0.1, 0.15) is 0 Å². The van der Waals surface area contributed by atoms with Gasteiger partial charge in [-0.1, -0.05) is 30.3 Å². The highest BCUT2D eigenvalue weighted by atomic mass is 32.1. The van der Waals surface area contributed by atoms with Crippen LogP contribution in [-0.2, 0) is 20.8 Å². The SMILES string of the molecule is CO[C@H](C(=O)Nc1nc(CN2CCOCC2)cs1)c1ccccc1. The summed E-state index contributed by atoms with van der Waals surface area (Å²) in [6, 6.07) is 9.43. The van der Waals surface area contributed by atoms with Gasteiger partial charge in [-0.25, -0.2) is 4.98 Å². The van der Waals surface area contributed by atoms with Crippen LogP contribution in [0.5, 0.6) is 0 Å². The molecule has 0 radical (unpaired) electrons. The van der Waals surface area contributed by atoms with E-state index in [1.807, 2.05) is 35.7 Å². The molecule has 1 aromatic carbocycles. The van der Waals surface area contributed by atoms with E-state index in [9.17, 15) is 4.79 Å². The van der Waals surface area contributed by atoms with E-state index in [4.69, 9.17) is 9.47 Å². The van der Waals surface area contributed by atoms with Crippen molar-refractivity contribution < 1.29 is 14.3 Å². The number of hydrogen-bond acceptors (Lipinski definition) is 6. The molecular formula is C17H21N3O3S. The number of nitrogens with one attached hydrogen (secondary N) is 1. The van der Waals surface area contributed by atoms with E-state index in [2.05, 4.69) is 15.2 Å². The van der Waals surface area contributed by atoms with Crippen molar-refractivity contribution in [3.8, 4) is 0 Å². The summed E-state index contributed by atoms with van der Waals surface area (Å²) < 4.78 is 10.7. The Morgan fingerprint density at radius 1 is 1.38 bits per heavy atom. The van der Waals surface area contributed by atoms with E-state index >= 15 is 0 Å². The van der Waals surface area contributed by atoms with Crippen LogP contribution in [0.4, 0.5) is 5.13 Å². The van der Waals surface area contributed by atoms with Crippen LogP contribution >= 0.6 is 11.3 Å². The maximum absolute atomic E-state index is 12.4. The lowest BCUT2D eigenvalue weighted by Crippen LogP contribution is -2.35. The Morgan fingerprint density at radius 3 is 2.83 bits per heavy atom. The van der Waals surface area contributed by atoms with Gasteiger partial charge in [0.25, 0.3) is 5.91 Å². The summed E-state index contributed by atoms with van der Waals surface area (Å²) >= 11 is 1.43. The number of morpholine rings is 1. The zero-order valence-electron chi connectivity index (χ0n) is 13.6. The summed E-state index contributed by atoms with van der Waals surface area (Å²) in [5, 5.41) is 5.43. The molecule has 0 spiro atoms. The largest absolute Gasteiger partial charge is 0.379 e. The van der Waals surface area contributed by atoms with Crippen LogP contribution in [0.25, 0.3) is 0 Å². The molecule has 2 aromatic rings. The fraction of sp³-hybridized carbons (Fsp3) is 0.412. The van der Waals surface area contributed by atoms with Gasteiger partial charge in [0.05, 0.1) is 18.9 Å².